The third-order valence-corrected chi connectivity index (χ3v) is 7.75. The van der Waals surface area contributed by atoms with Crippen molar-refractivity contribution in [1.82, 2.24) is 10.2 Å². The molecule has 2 N–H and O–H groups in total. The fourth-order valence-corrected chi connectivity index (χ4v) is 5.14. The van der Waals surface area contributed by atoms with Crippen LogP contribution in [0.15, 0.2) is 11.6 Å². The van der Waals surface area contributed by atoms with Crippen molar-refractivity contribution < 1.29 is 19.5 Å². The molecule has 1 fully saturated rings. The number of nitrogens with one attached hydrogen (secondary N) is 1. The number of carbonyl (C=O) groups is 3. The topological polar surface area (TPSA) is 86.7 Å². The molecule has 0 aliphatic heterocycles. The highest BCUT2D eigenvalue weighted by Gasteiger charge is 2.40. The van der Waals surface area contributed by atoms with Crippen LogP contribution in [0.2, 0.25) is 0 Å². The lowest BCUT2D eigenvalue weighted by Crippen LogP contribution is -2.57. The van der Waals surface area contributed by atoms with E-state index in [0.29, 0.717) is 0 Å². The zero-order valence-corrected chi connectivity index (χ0v) is 22.1. The smallest absolute Gasteiger partial charge is 0.331 e. The number of carbonyl (C=O) groups excluding carboxylic acids is 2. The number of nitrogens with zero attached hydrogens (tertiary/aromatic N) is 1. The lowest BCUT2D eigenvalue weighted by atomic mass is 9.76. The molecule has 1 aliphatic rings. The van der Waals surface area contributed by atoms with Gasteiger partial charge in [-0.3, -0.25) is 9.59 Å². The Morgan fingerprint density at radius 3 is 2.12 bits per heavy atom. The zero-order valence-electron chi connectivity index (χ0n) is 22.1. The van der Waals surface area contributed by atoms with E-state index in [0.717, 1.165) is 57.8 Å². The normalized spacial score (nSPS) is 17.5. The maximum absolute atomic E-state index is 13.8. The Hall–Kier alpha value is -1.85. The Labute approximate surface area is 201 Å². The third-order valence-electron chi connectivity index (χ3n) is 7.75. The standard InChI is InChI=1S/C27H48N2O4/c1-8-11-17-27(9-2,10-3)26(33)28-23(21-15-13-12-14-16-21)24(30)29(7)22(19(4)5)18-20(6)25(31)32/h18-19,21-23H,8-17H2,1-7H3,(H,28,33)(H,31,32)/b20-18+/t22-,23+/m1/s1. The van der Waals surface area contributed by atoms with Gasteiger partial charge in [-0.05, 0) is 50.9 Å². The molecule has 0 aromatic carbocycles. The average molecular weight is 465 g/mol. The molecule has 0 saturated heterocycles. The molecule has 0 radical (unpaired) electrons. The highest BCUT2D eigenvalue weighted by Crippen LogP contribution is 2.35. The van der Waals surface area contributed by atoms with Crippen molar-refractivity contribution in [3.05, 3.63) is 11.6 Å². The fraction of sp³-hybridized carbons (Fsp3) is 0.815. The molecule has 0 aromatic heterocycles. The van der Waals surface area contributed by atoms with E-state index >= 15 is 0 Å². The van der Waals surface area contributed by atoms with Gasteiger partial charge in [-0.15, -0.1) is 0 Å². The van der Waals surface area contributed by atoms with Gasteiger partial charge in [-0.25, -0.2) is 4.79 Å². The SMILES string of the molecule is CCCCC(CC)(CC)C(=O)N[C@H](C(=O)N(C)[C@H](/C=C(\C)C(=O)O)C(C)C)C1CCCCC1. The minimum absolute atomic E-state index is 0.00312. The van der Waals surface area contributed by atoms with Crippen LogP contribution in [-0.2, 0) is 14.4 Å². The molecular formula is C27H48N2O4. The summed E-state index contributed by atoms with van der Waals surface area (Å²) in [7, 11) is 1.74. The summed E-state index contributed by atoms with van der Waals surface area (Å²) in [5.41, 5.74) is -0.221. The van der Waals surface area contributed by atoms with E-state index in [1.54, 1.807) is 24.9 Å². The molecule has 1 saturated carbocycles. The molecule has 2 atom stereocenters. The van der Waals surface area contributed by atoms with Crippen LogP contribution in [0.25, 0.3) is 0 Å². The lowest BCUT2D eigenvalue weighted by Gasteiger charge is -2.39. The largest absolute Gasteiger partial charge is 0.478 e. The molecular weight excluding hydrogens is 416 g/mol. The van der Waals surface area contributed by atoms with E-state index in [9.17, 15) is 19.5 Å². The molecule has 0 heterocycles. The highest BCUT2D eigenvalue weighted by molar-refractivity contribution is 5.91. The maximum atomic E-state index is 13.8. The first kappa shape index (κ1) is 29.2. The van der Waals surface area contributed by atoms with Crippen LogP contribution < -0.4 is 5.32 Å². The summed E-state index contributed by atoms with van der Waals surface area (Å²) >= 11 is 0. The van der Waals surface area contributed by atoms with Crippen LogP contribution in [-0.4, -0.2) is 46.9 Å². The van der Waals surface area contributed by atoms with E-state index in [4.69, 9.17) is 0 Å². The Kier molecular flexibility index (Phi) is 12.2. The molecule has 1 rings (SSSR count). The second kappa shape index (κ2) is 13.8. The molecule has 1 aliphatic carbocycles. The summed E-state index contributed by atoms with van der Waals surface area (Å²) in [5, 5.41) is 12.6. The van der Waals surface area contributed by atoms with Gasteiger partial charge in [0.2, 0.25) is 11.8 Å². The number of carboxylic acid groups (broad SMARTS) is 1. The molecule has 190 valence electrons. The van der Waals surface area contributed by atoms with Crippen molar-refractivity contribution in [2.75, 3.05) is 7.05 Å². The Balaban J connectivity index is 3.26. The Bertz CT molecular complexity index is 676. The summed E-state index contributed by atoms with van der Waals surface area (Å²) in [6.07, 6.45) is 11.2. The van der Waals surface area contributed by atoms with Crippen molar-refractivity contribution in [2.45, 2.75) is 118 Å². The number of rotatable bonds is 13. The number of unbranched alkanes of at least 4 members (excludes halogenated alkanes) is 1. The van der Waals surface area contributed by atoms with Gasteiger partial charge < -0.3 is 15.3 Å². The number of aliphatic carboxylic acids is 1. The van der Waals surface area contributed by atoms with Gasteiger partial charge in [-0.1, -0.05) is 72.8 Å². The molecule has 0 spiro atoms. The lowest BCUT2D eigenvalue weighted by molar-refractivity contribution is -0.142. The van der Waals surface area contributed by atoms with Crippen molar-refractivity contribution in [3.8, 4) is 0 Å². The molecule has 0 aromatic rings. The molecule has 0 bridgehead atoms. The van der Waals surface area contributed by atoms with Gasteiger partial charge in [0.1, 0.15) is 6.04 Å². The summed E-state index contributed by atoms with van der Waals surface area (Å²) in [6.45, 7) is 11.8. The molecule has 6 nitrogen and oxygen atoms in total. The van der Waals surface area contributed by atoms with Crippen molar-refractivity contribution >= 4 is 17.8 Å². The maximum Gasteiger partial charge on any atom is 0.331 e. The van der Waals surface area contributed by atoms with Crippen molar-refractivity contribution in [2.24, 2.45) is 17.3 Å². The molecule has 0 unspecified atom stereocenters. The Morgan fingerprint density at radius 1 is 1.09 bits per heavy atom. The van der Waals surface area contributed by atoms with Crippen LogP contribution in [0, 0.1) is 17.3 Å². The van der Waals surface area contributed by atoms with E-state index in [-0.39, 0.29) is 35.3 Å². The average Bonchev–Trinajstić information content (AvgIpc) is 2.81. The monoisotopic (exact) mass is 464 g/mol. The second-order valence-electron chi connectivity index (χ2n) is 10.3. The van der Waals surface area contributed by atoms with Gasteiger partial charge in [0.15, 0.2) is 0 Å². The summed E-state index contributed by atoms with van der Waals surface area (Å²) in [4.78, 5) is 40.5. The summed E-state index contributed by atoms with van der Waals surface area (Å²) in [6, 6.07) is -0.916. The van der Waals surface area contributed by atoms with Gasteiger partial charge >= 0.3 is 5.97 Å². The van der Waals surface area contributed by atoms with Crippen molar-refractivity contribution in [1.29, 1.82) is 0 Å². The van der Waals surface area contributed by atoms with E-state index in [1.165, 1.54) is 6.42 Å². The first-order valence-electron chi connectivity index (χ1n) is 13.0. The number of hydrogen-bond acceptors (Lipinski definition) is 3. The van der Waals surface area contributed by atoms with Gasteiger partial charge in [0.25, 0.3) is 0 Å². The predicted octanol–water partition coefficient (Wildman–Crippen LogP) is 5.56. The van der Waals surface area contributed by atoms with Gasteiger partial charge in [0.05, 0.1) is 6.04 Å². The minimum Gasteiger partial charge on any atom is -0.478 e. The first-order valence-corrected chi connectivity index (χ1v) is 13.0. The summed E-state index contributed by atoms with van der Waals surface area (Å²) in [5.74, 6) is -0.930. The van der Waals surface area contributed by atoms with E-state index in [2.05, 4.69) is 26.1 Å². The third kappa shape index (κ3) is 7.86. The minimum atomic E-state index is -0.981. The van der Waals surface area contributed by atoms with Crippen LogP contribution >= 0.6 is 0 Å². The number of likely N-dealkylation sites (N-methyl/N-ethyl adjacent to an activating group) is 1. The van der Waals surface area contributed by atoms with Crippen LogP contribution in [0.3, 0.4) is 0 Å². The molecule has 33 heavy (non-hydrogen) atoms. The van der Waals surface area contributed by atoms with Gasteiger partial charge in [0, 0.05) is 18.0 Å². The Morgan fingerprint density at radius 2 is 1.67 bits per heavy atom. The number of hydrogen-bond donors (Lipinski definition) is 2. The highest BCUT2D eigenvalue weighted by atomic mass is 16.4. The molecule has 6 heteroatoms. The van der Waals surface area contributed by atoms with Crippen molar-refractivity contribution in [3.63, 3.8) is 0 Å². The predicted molar refractivity (Wildman–Crippen MR) is 134 cm³/mol. The number of amides is 2. The first-order chi connectivity index (χ1) is 15.5. The summed E-state index contributed by atoms with van der Waals surface area (Å²) < 4.78 is 0. The zero-order chi connectivity index (χ0) is 25.2. The van der Waals surface area contributed by atoms with Crippen LogP contribution in [0.1, 0.15) is 106 Å². The fourth-order valence-electron chi connectivity index (χ4n) is 5.14. The number of carboxylic acids is 1. The quantitative estimate of drug-likeness (QED) is 0.349. The van der Waals surface area contributed by atoms with Crippen LogP contribution in [0.4, 0.5) is 0 Å². The molecule has 2 amide bonds. The van der Waals surface area contributed by atoms with Crippen LogP contribution in [0.5, 0.6) is 0 Å². The van der Waals surface area contributed by atoms with E-state index < -0.39 is 17.4 Å². The second-order valence-corrected chi connectivity index (χ2v) is 10.3. The van der Waals surface area contributed by atoms with E-state index in [1.807, 2.05) is 13.8 Å². The van der Waals surface area contributed by atoms with Gasteiger partial charge in [-0.2, -0.15) is 0 Å².